The van der Waals surface area contributed by atoms with Crippen molar-refractivity contribution in [3.05, 3.63) is 152 Å². The van der Waals surface area contributed by atoms with Crippen LogP contribution in [-0.2, 0) is 0 Å². The van der Waals surface area contributed by atoms with Crippen LogP contribution < -0.4 is 0 Å². The molecule has 2 nitrogen and oxygen atoms in total. The van der Waals surface area contributed by atoms with Crippen molar-refractivity contribution in [2.24, 2.45) is 0 Å². The Hall–Kier alpha value is -5.86. The molecular formula is C42H25NO. The van der Waals surface area contributed by atoms with E-state index >= 15 is 0 Å². The van der Waals surface area contributed by atoms with Crippen LogP contribution in [0.2, 0.25) is 0 Å². The summed E-state index contributed by atoms with van der Waals surface area (Å²) in [6.45, 7) is 0. The normalized spacial score (nSPS) is 12.1. The van der Waals surface area contributed by atoms with E-state index in [4.69, 9.17) is 4.42 Å². The lowest BCUT2D eigenvalue weighted by Crippen LogP contribution is -1.93. The molecule has 44 heavy (non-hydrogen) atoms. The van der Waals surface area contributed by atoms with Crippen molar-refractivity contribution in [1.82, 2.24) is 4.57 Å². The largest absolute Gasteiger partial charge is 0.456 e. The molecule has 0 fully saturated rings. The van der Waals surface area contributed by atoms with Crippen LogP contribution in [0.3, 0.4) is 0 Å². The molecule has 0 aliphatic carbocycles. The maximum absolute atomic E-state index is 6.16. The van der Waals surface area contributed by atoms with Gasteiger partial charge in [0.05, 0.1) is 11.0 Å². The Bertz CT molecular complexity index is 2740. The van der Waals surface area contributed by atoms with Gasteiger partial charge in [0.15, 0.2) is 0 Å². The van der Waals surface area contributed by atoms with Gasteiger partial charge in [0.25, 0.3) is 0 Å². The lowest BCUT2D eigenvalue weighted by Gasteiger charge is -2.13. The minimum atomic E-state index is 0.910. The highest BCUT2D eigenvalue weighted by Gasteiger charge is 2.16. The molecule has 0 spiro atoms. The molecule has 2 heterocycles. The van der Waals surface area contributed by atoms with Crippen LogP contribution in [0, 0.1) is 0 Å². The van der Waals surface area contributed by atoms with Crippen LogP contribution in [0.5, 0.6) is 0 Å². The minimum Gasteiger partial charge on any atom is -0.456 e. The Labute approximate surface area is 253 Å². The molecule has 0 radical (unpaired) electrons. The average Bonchev–Trinajstić information content (AvgIpc) is 3.63. The van der Waals surface area contributed by atoms with Crippen LogP contribution >= 0.6 is 0 Å². The van der Waals surface area contributed by atoms with Crippen LogP contribution in [0.4, 0.5) is 0 Å². The molecule has 0 bridgehead atoms. The summed E-state index contributed by atoms with van der Waals surface area (Å²) < 4.78 is 8.56. The Balaban J connectivity index is 1.24. The number of hydrogen-bond donors (Lipinski definition) is 0. The molecule has 0 unspecified atom stereocenters. The second kappa shape index (κ2) is 8.82. The third-order valence-corrected chi connectivity index (χ3v) is 9.37. The van der Waals surface area contributed by atoms with E-state index in [9.17, 15) is 0 Å². The first-order chi connectivity index (χ1) is 21.8. The van der Waals surface area contributed by atoms with Gasteiger partial charge in [-0.05, 0) is 85.9 Å². The summed E-state index contributed by atoms with van der Waals surface area (Å²) in [4.78, 5) is 0. The van der Waals surface area contributed by atoms with Gasteiger partial charge in [0.1, 0.15) is 11.2 Å². The van der Waals surface area contributed by atoms with E-state index in [1.165, 1.54) is 65.3 Å². The average molecular weight is 560 g/mol. The number of fused-ring (bicyclic) bond motifs is 12. The summed E-state index contributed by atoms with van der Waals surface area (Å²) in [5.74, 6) is 0. The fraction of sp³-hybridized carbons (Fsp3) is 0. The number of benzene rings is 8. The van der Waals surface area contributed by atoms with Crippen molar-refractivity contribution in [3.63, 3.8) is 0 Å². The van der Waals surface area contributed by atoms with Gasteiger partial charge in [0, 0.05) is 27.2 Å². The van der Waals surface area contributed by atoms with Gasteiger partial charge in [-0.1, -0.05) is 109 Å². The highest BCUT2D eigenvalue weighted by molar-refractivity contribution is 6.25. The number of para-hydroxylation sites is 2. The number of nitrogens with zero attached hydrogens (tertiary/aromatic N) is 1. The van der Waals surface area contributed by atoms with Gasteiger partial charge in [0.2, 0.25) is 0 Å². The second-order valence-electron chi connectivity index (χ2n) is 11.7. The molecule has 0 aliphatic rings. The van der Waals surface area contributed by atoms with E-state index in [0.717, 1.165) is 27.6 Å². The quantitative estimate of drug-likeness (QED) is 0.193. The van der Waals surface area contributed by atoms with Crippen molar-refractivity contribution in [2.45, 2.75) is 0 Å². The van der Waals surface area contributed by atoms with Crippen molar-refractivity contribution < 1.29 is 4.42 Å². The standard InChI is InChI=1S/C42H25NO/c1-2-11-31-29(9-1)30-10-3-4-12-32(30)37-23-26(17-20-33(31)37)27-18-21-35-34-13-5-7-15-39(34)43(40(35)24-27)28-19-22-42-38(25-28)36-14-6-8-16-41(36)44-42/h1-25H. The van der Waals surface area contributed by atoms with E-state index in [2.05, 4.69) is 144 Å². The van der Waals surface area contributed by atoms with Gasteiger partial charge in [-0.15, -0.1) is 0 Å². The summed E-state index contributed by atoms with van der Waals surface area (Å²) in [5.41, 5.74) is 7.77. The summed E-state index contributed by atoms with van der Waals surface area (Å²) in [7, 11) is 0. The van der Waals surface area contributed by atoms with Gasteiger partial charge >= 0.3 is 0 Å². The Morgan fingerprint density at radius 2 is 0.841 bits per heavy atom. The van der Waals surface area contributed by atoms with Gasteiger partial charge < -0.3 is 8.98 Å². The molecule has 0 amide bonds. The van der Waals surface area contributed by atoms with E-state index in [1.807, 2.05) is 12.1 Å². The van der Waals surface area contributed by atoms with E-state index in [-0.39, 0.29) is 0 Å². The highest BCUT2D eigenvalue weighted by atomic mass is 16.3. The number of hydrogen-bond acceptors (Lipinski definition) is 1. The molecule has 0 saturated carbocycles. The fourth-order valence-corrected chi connectivity index (χ4v) is 7.37. The molecule has 0 saturated heterocycles. The molecule has 10 rings (SSSR count). The zero-order valence-electron chi connectivity index (χ0n) is 23.8. The smallest absolute Gasteiger partial charge is 0.135 e. The lowest BCUT2D eigenvalue weighted by molar-refractivity contribution is 0.669. The van der Waals surface area contributed by atoms with E-state index < -0.39 is 0 Å². The molecule has 0 N–H and O–H groups in total. The Morgan fingerprint density at radius 3 is 1.59 bits per heavy atom. The van der Waals surface area contributed by atoms with Crippen LogP contribution in [0.25, 0.3) is 92.9 Å². The summed E-state index contributed by atoms with van der Waals surface area (Å²) in [5, 5.41) is 12.5. The fourth-order valence-electron chi connectivity index (χ4n) is 7.37. The molecule has 2 aromatic heterocycles. The first-order valence-electron chi connectivity index (χ1n) is 15.1. The van der Waals surface area contributed by atoms with Crippen molar-refractivity contribution in [3.8, 4) is 16.8 Å². The highest BCUT2D eigenvalue weighted by Crippen LogP contribution is 2.40. The minimum absolute atomic E-state index is 0.910. The van der Waals surface area contributed by atoms with Gasteiger partial charge in [-0.2, -0.15) is 0 Å². The maximum atomic E-state index is 6.16. The third kappa shape index (κ3) is 3.25. The molecule has 0 aliphatic heterocycles. The van der Waals surface area contributed by atoms with Crippen molar-refractivity contribution in [2.75, 3.05) is 0 Å². The maximum Gasteiger partial charge on any atom is 0.135 e. The summed E-state index contributed by atoms with van der Waals surface area (Å²) in [6.07, 6.45) is 0. The van der Waals surface area contributed by atoms with Gasteiger partial charge in [-0.25, -0.2) is 0 Å². The van der Waals surface area contributed by atoms with Crippen LogP contribution in [-0.4, -0.2) is 4.57 Å². The van der Waals surface area contributed by atoms with Crippen LogP contribution in [0.15, 0.2) is 156 Å². The van der Waals surface area contributed by atoms with E-state index in [0.29, 0.717) is 0 Å². The number of aromatic nitrogens is 1. The molecular weight excluding hydrogens is 534 g/mol. The molecule has 2 heteroatoms. The second-order valence-corrected chi connectivity index (χ2v) is 11.7. The van der Waals surface area contributed by atoms with Crippen molar-refractivity contribution >= 4 is 76.1 Å². The first-order valence-corrected chi connectivity index (χ1v) is 15.1. The predicted molar refractivity (Wildman–Crippen MR) is 186 cm³/mol. The SMILES string of the molecule is c1ccc2c(c1)oc1ccc(-n3c4ccccc4c4ccc(-c5ccc6c7ccccc7c7ccccc7c6c5)cc43)cc12. The third-order valence-electron chi connectivity index (χ3n) is 9.37. The summed E-state index contributed by atoms with van der Waals surface area (Å²) in [6, 6.07) is 55.0. The Morgan fingerprint density at radius 1 is 0.318 bits per heavy atom. The Kier molecular flexibility index (Phi) is 4.75. The number of rotatable bonds is 2. The van der Waals surface area contributed by atoms with Crippen molar-refractivity contribution in [1.29, 1.82) is 0 Å². The van der Waals surface area contributed by atoms with E-state index in [1.54, 1.807) is 0 Å². The molecule has 204 valence electrons. The zero-order valence-corrected chi connectivity index (χ0v) is 23.8. The monoisotopic (exact) mass is 559 g/mol. The molecule has 10 aromatic rings. The lowest BCUT2D eigenvalue weighted by atomic mass is 9.92. The predicted octanol–water partition coefficient (Wildman–Crippen LogP) is 11.8. The zero-order chi connectivity index (χ0) is 28.8. The molecule has 0 atom stereocenters. The summed E-state index contributed by atoms with van der Waals surface area (Å²) >= 11 is 0. The van der Waals surface area contributed by atoms with Crippen LogP contribution in [0.1, 0.15) is 0 Å². The number of furan rings is 1. The van der Waals surface area contributed by atoms with Gasteiger partial charge in [-0.3, -0.25) is 0 Å². The molecule has 8 aromatic carbocycles. The first kappa shape index (κ1) is 23.7. The topological polar surface area (TPSA) is 18.1 Å².